The molecule has 0 amide bonds. The van der Waals surface area contributed by atoms with Gasteiger partial charge in [0.1, 0.15) is 36.1 Å². The standard InChI is InChI=1S/C20H22Cl2FNO3/c21-19-6-5-18(11-20(19)22)27-17-7-9-24(10-8-17)12-15(25)13-26-16-3-1-14(23)2-4-16/h1-6,11,15,17,25H,7-10,12-13H2. The number of hydrogen-bond donors (Lipinski definition) is 1. The van der Waals surface area contributed by atoms with Gasteiger partial charge in [-0.15, -0.1) is 0 Å². The summed E-state index contributed by atoms with van der Waals surface area (Å²) in [6.45, 7) is 2.37. The van der Waals surface area contributed by atoms with Crippen molar-refractivity contribution in [2.24, 2.45) is 0 Å². The molecule has 3 rings (SSSR count). The third-order valence-electron chi connectivity index (χ3n) is 4.45. The fourth-order valence-electron chi connectivity index (χ4n) is 3.03. The van der Waals surface area contributed by atoms with Gasteiger partial charge in [-0.1, -0.05) is 23.2 Å². The molecule has 1 aliphatic rings. The minimum Gasteiger partial charge on any atom is -0.491 e. The zero-order valence-electron chi connectivity index (χ0n) is 14.8. The molecule has 2 aromatic carbocycles. The van der Waals surface area contributed by atoms with E-state index in [1.807, 2.05) is 6.07 Å². The molecule has 7 heteroatoms. The van der Waals surface area contributed by atoms with Crippen molar-refractivity contribution in [3.05, 3.63) is 58.3 Å². The van der Waals surface area contributed by atoms with Gasteiger partial charge in [-0.3, -0.25) is 0 Å². The lowest BCUT2D eigenvalue weighted by Gasteiger charge is -2.33. The molecule has 1 aliphatic heterocycles. The molecular formula is C20H22Cl2FNO3. The van der Waals surface area contributed by atoms with Crippen LogP contribution < -0.4 is 9.47 Å². The first-order chi connectivity index (χ1) is 13.0. The second kappa shape index (κ2) is 9.60. The first-order valence-electron chi connectivity index (χ1n) is 8.90. The second-order valence-corrected chi connectivity index (χ2v) is 7.43. The third-order valence-corrected chi connectivity index (χ3v) is 5.19. The number of hydrogen-bond acceptors (Lipinski definition) is 4. The Kier molecular flexibility index (Phi) is 7.19. The third kappa shape index (κ3) is 6.25. The maximum atomic E-state index is 12.9. The number of β-amino-alcohol motifs (C(OH)–C–C–N with tert-alkyl or cyclic N) is 1. The summed E-state index contributed by atoms with van der Waals surface area (Å²) >= 11 is 11.9. The number of ether oxygens (including phenoxy) is 2. The molecule has 1 fully saturated rings. The molecule has 27 heavy (non-hydrogen) atoms. The van der Waals surface area contributed by atoms with Gasteiger partial charge in [-0.25, -0.2) is 4.39 Å². The Balaban J connectivity index is 1.38. The summed E-state index contributed by atoms with van der Waals surface area (Å²) in [6, 6.07) is 11.0. The second-order valence-electron chi connectivity index (χ2n) is 6.61. The number of halogens is 3. The smallest absolute Gasteiger partial charge is 0.123 e. The molecule has 2 aromatic rings. The zero-order chi connectivity index (χ0) is 19.2. The van der Waals surface area contributed by atoms with Crippen LogP contribution in [0.1, 0.15) is 12.8 Å². The molecule has 0 saturated carbocycles. The summed E-state index contributed by atoms with van der Waals surface area (Å²) in [5.41, 5.74) is 0. The Labute approximate surface area is 168 Å². The van der Waals surface area contributed by atoms with Gasteiger partial charge in [0.2, 0.25) is 0 Å². The summed E-state index contributed by atoms with van der Waals surface area (Å²) in [5, 5.41) is 11.2. The van der Waals surface area contributed by atoms with Gasteiger partial charge in [-0.2, -0.15) is 0 Å². The Morgan fingerprint density at radius 3 is 2.37 bits per heavy atom. The molecule has 0 aliphatic carbocycles. The molecule has 146 valence electrons. The van der Waals surface area contributed by atoms with Gasteiger partial charge in [0, 0.05) is 25.7 Å². The summed E-state index contributed by atoms with van der Waals surface area (Å²) in [6.07, 6.45) is 1.24. The molecule has 0 aromatic heterocycles. The maximum absolute atomic E-state index is 12.9. The minimum atomic E-state index is -0.609. The molecule has 0 radical (unpaired) electrons. The highest BCUT2D eigenvalue weighted by atomic mass is 35.5. The van der Waals surface area contributed by atoms with Crippen molar-refractivity contribution in [1.82, 2.24) is 4.90 Å². The van der Waals surface area contributed by atoms with E-state index in [1.165, 1.54) is 12.1 Å². The Hall–Kier alpha value is -1.53. The van der Waals surface area contributed by atoms with Crippen LogP contribution in [0.15, 0.2) is 42.5 Å². The Morgan fingerprint density at radius 1 is 1.04 bits per heavy atom. The fraction of sp³-hybridized carbons (Fsp3) is 0.400. The number of nitrogens with zero attached hydrogens (tertiary/aromatic N) is 1. The van der Waals surface area contributed by atoms with E-state index in [4.69, 9.17) is 32.7 Å². The number of benzene rings is 2. The summed E-state index contributed by atoms with van der Waals surface area (Å²) in [4.78, 5) is 2.19. The average Bonchev–Trinajstić information content (AvgIpc) is 2.66. The first-order valence-corrected chi connectivity index (χ1v) is 9.65. The van der Waals surface area contributed by atoms with Crippen LogP contribution in [0.2, 0.25) is 10.0 Å². The molecule has 1 N–H and O–H groups in total. The number of likely N-dealkylation sites (tertiary alicyclic amines) is 1. The predicted octanol–water partition coefficient (Wildman–Crippen LogP) is 4.42. The average molecular weight is 414 g/mol. The van der Waals surface area contributed by atoms with Gasteiger partial charge in [0.15, 0.2) is 0 Å². The predicted molar refractivity (Wildman–Crippen MR) is 104 cm³/mol. The lowest BCUT2D eigenvalue weighted by atomic mass is 10.1. The molecule has 1 heterocycles. The molecule has 0 spiro atoms. The first kappa shape index (κ1) is 20.2. The SMILES string of the molecule is OC(COc1ccc(F)cc1)CN1CCC(Oc2ccc(Cl)c(Cl)c2)CC1. The van der Waals surface area contributed by atoms with Crippen LogP contribution in [0.4, 0.5) is 4.39 Å². The van der Waals surface area contributed by atoms with Crippen LogP contribution >= 0.6 is 23.2 Å². The van der Waals surface area contributed by atoms with Gasteiger partial charge < -0.3 is 19.5 Å². The number of rotatable bonds is 7. The number of piperidine rings is 1. The molecule has 4 nitrogen and oxygen atoms in total. The van der Waals surface area contributed by atoms with Gasteiger partial charge >= 0.3 is 0 Å². The topological polar surface area (TPSA) is 41.9 Å². The fourth-order valence-corrected chi connectivity index (χ4v) is 3.31. The Morgan fingerprint density at radius 2 is 1.70 bits per heavy atom. The molecule has 1 atom stereocenters. The van der Waals surface area contributed by atoms with E-state index in [0.29, 0.717) is 22.3 Å². The van der Waals surface area contributed by atoms with E-state index < -0.39 is 6.10 Å². The van der Waals surface area contributed by atoms with Crippen LogP contribution in [0.25, 0.3) is 0 Å². The van der Waals surface area contributed by atoms with Crippen molar-refractivity contribution < 1.29 is 19.0 Å². The monoisotopic (exact) mass is 413 g/mol. The van der Waals surface area contributed by atoms with E-state index in [-0.39, 0.29) is 18.5 Å². The van der Waals surface area contributed by atoms with Crippen LogP contribution in [0.3, 0.4) is 0 Å². The largest absolute Gasteiger partial charge is 0.491 e. The highest BCUT2D eigenvalue weighted by Gasteiger charge is 2.22. The van der Waals surface area contributed by atoms with Gasteiger partial charge in [-0.05, 0) is 49.2 Å². The zero-order valence-corrected chi connectivity index (χ0v) is 16.3. The highest BCUT2D eigenvalue weighted by molar-refractivity contribution is 6.42. The quantitative estimate of drug-likeness (QED) is 0.729. The molecule has 1 unspecified atom stereocenters. The van der Waals surface area contributed by atoms with Crippen LogP contribution in [-0.4, -0.2) is 48.5 Å². The van der Waals surface area contributed by atoms with Crippen LogP contribution in [0.5, 0.6) is 11.5 Å². The van der Waals surface area contributed by atoms with Crippen molar-refractivity contribution in [3.8, 4) is 11.5 Å². The van der Waals surface area contributed by atoms with E-state index >= 15 is 0 Å². The molecule has 0 bridgehead atoms. The summed E-state index contributed by atoms with van der Waals surface area (Å²) in [5.74, 6) is 0.952. The van der Waals surface area contributed by atoms with Crippen molar-refractivity contribution in [2.45, 2.75) is 25.0 Å². The molecule has 1 saturated heterocycles. The van der Waals surface area contributed by atoms with E-state index in [9.17, 15) is 9.50 Å². The summed E-state index contributed by atoms with van der Waals surface area (Å²) < 4.78 is 24.3. The Bertz CT molecular complexity index is 737. The molecular weight excluding hydrogens is 392 g/mol. The normalized spacial score (nSPS) is 16.9. The van der Waals surface area contributed by atoms with Crippen LogP contribution in [0, 0.1) is 5.82 Å². The maximum Gasteiger partial charge on any atom is 0.123 e. The van der Waals surface area contributed by atoms with Gasteiger partial charge in [0.25, 0.3) is 0 Å². The number of aliphatic hydroxyl groups is 1. The van der Waals surface area contributed by atoms with Crippen molar-refractivity contribution >= 4 is 23.2 Å². The van der Waals surface area contributed by atoms with Crippen molar-refractivity contribution in [3.63, 3.8) is 0 Å². The minimum absolute atomic E-state index is 0.117. The van der Waals surface area contributed by atoms with E-state index in [1.54, 1.807) is 24.3 Å². The van der Waals surface area contributed by atoms with Crippen LogP contribution in [-0.2, 0) is 0 Å². The van der Waals surface area contributed by atoms with Gasteiger partial charge in [0.05, 0.1) is 10.0 Å². The lowest BCUT2D eigenvalue weighted by molar-refractivity contribution is 0.0401. The highest BCUT2D eigenvalue weighted by Crippen LogP contribution is 2.28. The van der Waals surface area contributed by atoms with Crippen molar-refractivity contribution in [2.75, 3.05) is 26.2 Å². The van der Waals surface area contributed by atoms with Crippen molar-refractivity contribution in [1.29, 1.82) is 0 Å². The number of aliphatic hydroxyl groups excluding tert-OH is 1. The lowest BCUT2D eigenvalue weighted by Crippen LogP contribution is -2.43. The van der Waals surface area contributed by atoms with E-state index in [2.05, 4.69) is 4.90 Å². The van der Waals surface area contributed by atoms with E-state index in [0.717, 1.165) is 31.7 Å². The summed E-state index contributed by atoms with van der Waals surface area (Å²) in [7, 11) is 0.